The number of unbranched alkanes of at least 4 members (excludes halogenated alkanes) is 27. The summed E-state index contributed by atoms with van der Waals surface area (Å²) in [6.45, 7) is 7.58. The third-order valence-electron chi connectivity index (χ3n) is 11.7. The number of hydrogen-bond donors (Lipinski definition) is 0. The van der Waals surface area contributed by atoms with Crippen molar-refractivity contribution >= 4 is 11.9 Å². The lowest BCUT2D eigenvalue weighted by atomic mass is 10.0. The van der Waals surface area contributed by atoms with E-state index in [1.807, 2.05) is 0 Å². The Bertz CT molecular complexity index is 1150. The van der Waals surface area contributed by atoms with Crippen molar-refractivity contribution in [3.63, 3.8) is 0 Å². The van der Waals surface area contributed by atoms with Crippen LogP contribution in [0.15, 0.2) is 72.9 Å². The van der Waals surface area contributed by atoms with Crippen molar-refractivity contribution in [2.24, 2.45) is 0 Å². The molecule has 370 valence electrons. The molecule has 0 aliphatic carbocycles. The van der Waals surface area contributed by atoms with Gasteiger partial charge >= 0.3 is 11.9 Å². The van der Waals surface area contributed by atoms with Crippen LogP contribution in [0.2, 0.25) is 0 Å². The lowest BCUT2D eigenvalue weighted by Crippen LogP contribution is -2.30. The predicted octanol–water partition coefficient (Wildman–Crippen LogP) is 18.7. The van der Waals surface area contributed by atoms with E-state index in [-0.39, 0.29) is 25.2 Å². The Labute approximate surface area is 397 Å². The Balaban J connectivity index is 4.32. The van der Waals surface area contributed by atoms with Crippen LogP contribution in [0.4, 0.5) is 0 Å². The van der Waals surface area contributed by atoms with Gasteiger partial charge in [0.05, 0.1) is 6.61 Å². The van der Waals surface area contributed by atoms with Gasteiger partial charge in [-0.2, -0.15) is 0 Å². The summed E-state index contributed by atoms with van der Waals surface area (Å²) >= 11 is 0. The van der Waals surface area contributed by atoms with E-state index in [2.05, 4.69) is 93.7 Å². The molecular formula is C59H104O5. The molecule has 0 fully saturated rings. The highest BCUT2D eigenvalue weighted by molar-refractivity contribution is 5.70. The minimum atomic E-state index is -0.568. The second-order valence-corrected chi connectivity index (χ2v) is 18.1. The maximum atomic E-state index is 12.8. The highest BCUT2D eigenvalue weighted by Crippen LogP contribution is 2.16. The van der Waals surface area contributed by atoms with Gasteiger partial charge in [0.15, 0.2) is 6.10 Å². The summed E-state index contributed by atoms with van der Waals surface area (Å²) in [5.41, 5.74) is 0. The van der Waals surface area contributed by atoms with Crippen molar-refractivity contribution in [2.75, 3.05) is 19.8 Å². The van der Waals surface area contributed by atoms with Crippen LogP contribution in [0, 0.1) is 0 Å². The third-order valence-corrected chi connectivity index (χ3v) is 11.7. The molecule has 0 heterocycles. The van der Waals surface area contributed by atoms with Gasteiger partial charge in [0.25, 0.3) is 0 Å². The fourth-order valence-corrected chi connectivity index (χ4v) is 7.66. The first-order valence-corrected chi connectivity index (χ1v) is 27.5. The minimum Gasteiger partial charge on any atom is -0.462 e. The first-order valence-electron chi connectivity index (χ1n) is 27.5. The molecule has 0 spiro atoms. The molecule has 0 amide bonds. The molecule has 0 bridgehead atoms. The van der Waals surface area contributed by atoms with Crippen LogP contribution >= 0.6 is 0 Å². The number of hydrogen-bond acceptors (Lipinski definition) is 5. The number of carbonyl (C=O) groups is 2. The van der Waals surface area contributed by atoms with Crippen LogP contribution in [0.25, 0.3) is 0 Å². The highest BCUT2D eigenvalue weighted by atomic mass is 16.6. The van der Waals surface area contributed by atoms with Crippen LogP contribution in [-0.4, -0.2) is 37.9 Å². The monoisotopic (exact) mass is 893 g/mol. The van der Waals surface area contributed by atoms with Gasteiger partial charge in [-0.05, 0) is 83.5 Å². The molecule has 1 atom stereocenters. The maximum absolute atomic E-state index is 12.8. The van der Waals surface area contributed by atoms with Gasteiger partial charge < -0.3 is 14.2 Å². The Kier molecular flexibility index (Phi) is 52.4. The number of esters is 2. The molecule has 0 saturated heterocycles. The van der Waals surface area contributed by atoms with Crippen molar-refractivity contribution in [2.45, 2.75) is 271 Å². The van der Waals surface area contributed by atoms with Gasteiger partial charge in [-0.3, -0.25) is 9.59 Å². The van der Waals surface area contributed by atoms with E-state index in [9.17, 15) is 9.59 Å². The van der Waals surface area contributed by atoms with Crippen LogP contribution in [0.3, 0.4) is 0 Å². The Morgan fingerprint density at radius 3 is 1.16 bits per heavy atom. The largest absolute Gasteiger partial charge is 0.462 e. The summed E-state index contributed by atoms with van der Waals surface area (Å²) in [5, 5.41) is 0. The van der Waals surface area contributed by atoms with Gasteiger partial charge in [-0.25, -0.2) is 0 Å². The molecule has 64 heavy (non-hydrogen) atoms. The van der Waals surface area contributed by atoms with E-state index in [1.165, 1.54) is 154 Å². The van der Waals surface area contributed by atoms with Crippen molar-refractivity contribution < 1.29 is 23.8 Å². The van der Waals surface area contributed by atoms with E-state index in [1.54, 1.807) is 0 Å². The number of carbonyl (C=O) groups excluding carboxylic acids is 2. The molecule has 1 unspecified atom stereocenters. The molecule has 0 aromatic heterocycles. The zero-order chi connectivity index (χ0) is 46.3. The molecule has 0 radical (unpaired) electrons. The van der Waals surface area contributed by atoms with Crippen molar-refractivity contribution in [3.05, 3.63) is 72.9 Å². The molecule has 5 heteroatoms. The summed E-state index contributed by atoms with van der Waals surface area (Å²) in [6.07, 6.45) is 70.7. The zero-order valence-electron chi connectivity index (χ0n) is 42.5. The second-order valence-electron chi connectivity index (χ2n) is 18.1. The van der Waals surface area contributed by atoms with E-state index >= 15 is 0 Å². The summed E-state index contributed by atoms with van der Waals surface area (Å²) in [7, 11) is 0. The van der Waals surface area contributed by atoms with Crippen LogP contribution in [-0.2, 0) is 23.8 Å². The summed E-state index contributed by atoms with van der Waals surface area (Å²) in [6, 6.07) is 0. The molecule has 0 aromatic carbocycles. The topological polar surface area (TPSA) is 61.8 Å². The van der Waals surface area contributed by atoms with E-state index < -0.39 is 6.10 Å². The average molecular weight is 893 g/mol. The summed E-state index contributed by atoms with van der Waals surface area (Å²) in [5.74, 6) is -0.428. The highest BCUT2D eigenvalue weighted by Gasteiger charge is 2.17. The lowest BCUT2D eigenvalue weighted by Gasteiger charge is -2.18. The molecular weight excluding hydrogens is 789 g/mol. The van der Waals surface area contributed by atoms with Gasteiger partial charge in [0, 0.05) is 19.4 Å². The second kappa shape index (κ2) is 54.7. The van der Waals surface area contributed by atoms with Crippen molar-refractivity contribution in [3.8, 4) is 0 Å². The summed E-state index contributed by atoms with van der Waals surface area (Å²) < 4.78 is 17.4. The fraction of sp³-hybridized carbons (Fsp3) is 0.763. The molecule has 5 nitrogen and oxygen atoms in total. The lowest BCUT2D eigenvalue weighted by molar-refractivity contribution is -0.163. The molecule has 0 N–H and O–H groups in total. The minimum absolute atomic E-state index is 0.0597. The van der Waals surface area contributed by atoms with Gasteiger partial charge in [0.2, 0.25) is 0 Å². The van der Waals surface area contributed by atoms with E-state index in [0.717, 1.165) is 77.0 Å². The van der Waals surface area contributed by atoms with Gasteiger partial charge in [0.1, 0.15) is 6.61 Å². The molecule has 0 aromatic rings. The third kappa shape index (κ3) is 52.0. The normalized spacial score (nSPS) is 12.7. The van der Waals surface area contributed by atoms with Crippen LogP contribution in [0.5, 0.6) is 0 Å². The number of ether oxygens (including phenoxy) is 3. The smallest absolute Gasteiger partial charge is 0.306 e. The van der Waals surface area contributed by atoms with Crippen LogP contribution in [0.1, 0.15) is 265 Å². The Morgan fingerprint density at radius 1 is 0.359 bits per heavy atom. The molecule has 0 rings (SSSR count). The van der Waals surface area contributed by atoms with E-state index in [4.69, 9.17) is 14.2 Å². The van der Waals surface area contributed by atoms with Gasteiger partial charge in [-0.1, -0.05) is 241 Å². The van der Waals surface area contributed by atoms with Crippen LogP contribution < -0.4 is 0 Å². The number of allylic oxidation sites excluding steroid dienone is 12. The Hall–Kier alpha value is -2.66. The predicted molar refractivity (Wildman–Crippen MR) is 279 cm³/mol. The molecule has 0 saturated carbocycles. The quantitative estimate of drug-likeness (QED) is 0.0346. The van der Waals surface area contributed by atoms with Crippen molar-refractivity contribution in [1.82, 2.24) is 0 Å². The first-order chi connectivity index (χ1) is 31.6. The Morgan fingerprint density at radius 2 is 0.703 bits per heavy atom. The van der Waals surface area contributed by atoms with E-state index in [0.29, 0.717) is 19.4 Å². The maximum Gasteiger partial charge on any atom is 0.306 e. The van der Waals surface area contributed by atoms with Gasteiger partial charge in [-0.15, -0.1) is 0 Å². The molecule has 0 aliphatic rings. The first kappa shape index (κ1) is 61.3. The fourth-order valence-electron chi connectivity index (χ4n) is 7.66. The standard InChI is InChI=1S/C59H104O5/c1-4-7-10-13-16-19-22-25-28-30-32-34-37-40-43-46-49-52-58(60)63-56-57(55-62-54-51-48-45-42-39-36-27-24-21-18-15-12-9-6-3)64-59(61)53-50-47-44-41-38-35-33-31-29-26-23-20-17-14-11-8-5-2/h9,12,16,18-19,21,25,27-28,36,42,45,57H,4-8,10-11,13-15,17,20,22-24,26,29-35,37-41,43-44,46-56H2,1-3H3/b12-9-,19-16-,21-18-,28-25-,36-27-,45-42-. The molecule has 0 aliphatic heterocycles. The zero-order valence-corrected chi connectivity index (χ0v) is 42.5. The van der Waals surface area contributed by atoms with Crippen molar-refractivity contribution in [1.29, 1.82) is 0 Å². The average Bonchev–Trinajstić information content (AvgIpc) is 3.30. The summed E-state index contributed by atoms with van der Waals surface area (Å²) in [4.78, 5) is 25.5. The number of rotatable bonds is 50. The SMILES string of the molecule is CC/C=C\C/C=C\C/C=C\C/C=C\CCCOCC(COC(=O)CCCCCCCCC/C=C\C/C=C\CCCCC)OC(=O)CCCCCCCCCCCCCCCCCCC.